The van der Waals surface area contributed by atoms with Gasteiger partial charge in [-0.25, -0.2) is 8.70 Å². The number of nitrogens with one attached hydrogen (secondary N) is 1. The van der Waals surface area contributed by atoms with Gasteiger partial charge in [0.05, 0.1) is 5.69 Å². The number of rotatable bonds is 13. The quantitative estimate of drug-likeness (QED) is 0.290. The van der Waals surface area contributed by atoms with E-state index in [2.05, 4.69) is 21.2 Å². The van der Waals surface area contributed by atoms with Crippen molar-refractivity contribution in [3.63, 3.8) is 0 Å². The van der Waals surface area contributed by atoms with E-state index in [1.165, 1.54) is 31.1 Å². The monoisotopic (exact) mass is 646 g/mol. The molecule has 8 nitrogen and oxygen atoms in total. The second kappa shape index (κ2) is 14.6. The lowest BCUT2D eigenvalue weighted by molar-refractivity contribution is -0.140. The SMILES string of the molecule is CC[C@@H](C)NC(=O)[C@@H](Cc1ccccc1)N(Cc1cccc(Br)c1)C(=O)CN(c1ccc(F)cc1)S(=O)(=O)N(C)C. The van der Waals surface area contributed by atoms with E-state index in [0.29, 0.717) is 6.42 Å². The minimum Gasteiger partial charge on any atom is -0.352 e. The summed E-state index contributed by atoms with van der Waals surface area (Å²) in [6, 6.07) is 20.5. The van der Waals surface area contributed by atoms with Crippen LogP contribution in [0.3, 0.4) is 0 Å². The summed E-state index contributed by atoms with van der Waals surface area (Å²) in [5.74, 6) is -1.46. The fourth-order valence-electron chi connectivity index (χ4n) is 4.15. The maximum Gasteiger partial charge on any atom is 0.304 e. The number of carbonyl (C=O) groups is 2. The maximum absolute atomic E-state index is 14.2. The number of halogens is 2. The highest BCUT2D eigenvalue weighted by molar-refractivity contribution is 9.10. The Morgan fingerprint density at radius 2 is 1.59 bits per heavy atom. The Bertz CT molecular complexity index is 1420. The molecule has 2 atom stereocenters. The molecule has 0 heterocycles. The molecule has 1 N–H and O–H groups in total. The van der Waals surface area contributed by atoms with Gasteiger partial charge in [-0.05, 0) is 60.9 Å². The van der Waals surface area contributed by atoms with Gasteiger partial charge in [0.25, 0.3) is 0 Å². The molecule has 0 fully saturated rings. The summed E-state index contributed by atoms with van der Waals surface area (Å²) in [6.45, 7) is 3.30. The van der Waals surface area contributed by atoms with Crippen LogP contribution in [-0.4, -0.2) is 62.2 Å². The van der Waals surface area contributed by atoms with Crippen LogP contribution in [0, 0.1) is 5.82 Å². The van der Waals surface area contributed by atoms with Crippen LogP contribution in [0.15, 0.2) is 83.3 Å². The summed E-state index contributed by atoms with van der Waals surface area (Å²) in [7, 11) is -1.44. The van der Waals surface area contributed by atoms with E-state index in [9.17, 15) is 22.4 Å². The molecular weight excluding hydrogens is 611 g/mol. The zero-order chi connectivity index (χ0) is 30.2. The maximum atomic E-state index is 14.2. The van der Waals surface area contributed by atoms with Crippen LogP contribution in [0.4, 0.5) is 10.1 Å². The van der Waals surface area contributed by atoms with Crippen LogP contribution in [0.2, 0.25) is 0 Å². The second-order valence-electron chi connectivity index (χ2n) is 9.95. The van der Waals surface area contributed by atoms with E-state index in [-0.39, 0.29) is 30.6 Å². The van der Waals surface area contributed by atoms with Crippen molar-refractivity contribution >= 4 is 43.6 Å². The van der Waals surface area contributed by atoms with Crippen molar-refractivity contribution in [3.8, 4) is 0 Å². The van der Waals surface area contributed by atoms with Crippen LogP contribution in [0.1, 0.15) is 31.4 Å². The first-order valence-corrected chi connectivity index (χ1v) is 15.4. The van der Waals surface area contributed by atoms with Crippen molar-refractivity contribution in [2.75, 3.05) is 24.9 Å². The molecule has 0 aliphatic carbocycles. The van der Waals surface area contributed by atoms with Crippen molar-refractivity contribution in [1.29, 1.82) is 0 Å². The molecule has 3 rings (SSSR count). The molecule has 0 aliphatic rings. The molecule has 11 heteroatoms. The normalized spacial score (nSPS) is 13.0. The van der Waals surface area contributed by atoms with Gasteiger partial charge in [0.15, 0.2) is 0 Å². The molecule has 0 unspecified atom stereocenters. The van der Waals surface area contributed by atoms with Crippen molar-refractivity contribution < 1.29 is 22.4 Å². The summed E-state index contributed by atoms with van der Waals surface area (Å²) in [6.07, 6.45) is 0.919. The minimum atomic E-state index is -4.15. The average Bonchev–Trinajstić information content (AvgIpc) is 2.94. The smallest absolute Gasteiger partial charge is 0.304 e. The lowest BCUT2D eigenvalue weighted by atomic mass is 10.0. The number of carbonyl (C=O) groups excluding carboxylic acids is 2. The topological polar surface area (TPSA) is 90.0 Å². The first-order chi connectivity index (χ1) is 19.4. The molecule has 3 aromatic rings. The Hall–Kier alpha value is -3.28. The van der Waals surface area contributed by atoms with Crippen molar-refractivity contribution in [3.05, 3.63) is 100 Å². The largest absolute Gasteiger partial charge is 0.352 e. The third-order valence-corrected chi connectivity index (χ3v) is 8.96. The van der Waals surface area contributed by atoms with Crippen LogP contribution in [0.5, 0.6) is 0 Å². The molecule has 3 aromatic carbocycles. The highest BCUT2D eigenvalue weighted by Gasteiger charge is 2.35. The molecule has 41 heavy (non-hydrogen) atoms. The minimum absolute atomic E-state index is 0.0585. The molecule has 0 spiro atoms. The number of anilines is 1. The number of amides is 2. The van der Waals surface area contributed by atoms with E-state index in [1.54, 1.807) is 0 Å². The van der Waals surface area contributed by atoms with E-state index in [1.807, 2.05) is 68.4 Å². The van der Waals surface area contributed by atoms with Gasteiger partial charge in [0.2, 0.25) is 11.8 Å². The number of nitrogens with zero attached hydrogens (tertiary/aromatic N) is 3. The van der Waals surface area contributed by atoms with Crippen LogP contribution < -0.4 is 9.62 Å². The summed E-state index contributed by atoms with van der Waals surface area (Å²) < 4.78 is 43.1. The number of hydrogen-bond donors (Lipinski definition) is 1. The average molecular weight is 648 g/mol. The molecule has 0 bridgehead atoms. The molecule has 0 saturated heterocycles. The summed E-state index contributed by atoms with van der Waals surface area (Å²) in [5, 5.41) is 3.00. The van der Waals surface area contributed by atoms with Crippen molar-refractivity contribution in [2.24, 2.45) is 0 Å². The lowest BCUT2D eigenvalue weighted by Crippen LogP contribution is -2.55. The number of hydrogen-bond acceptors (Lipinski definition) is 4. The van der Waals surface area contributed by atoms with E-state index in [0.717, 1.165) is 36.3 Å². The summed E-state index contributed by atoms with van der Waals surface area (Å²) in [4.78, 5) is 29.3. The third-order valence-electron chi connectivity index (χ3n) is 6.65. The van der Waals surface area contributed by atoms with Crippen molar-refractivity contribution in [1.82, 2.24) is 14.5 Å². The fraction of sp³-hybridized carbons (Fsp3) is 0.333. The summed E-state index contributed by atoms with van der Waals surface area (Å²) >= 11 is 3.46. The molecule has 0 saturated carbocycles. The first-order valence-electron chi connectivity index (χ1n) is 13.3. The predicted octanol–water partition coefficient (Wildman–Crippen LogP) is 4.76. The molecule has 220 valence electrons. The van der Waals surface area contributed by atoms with Gasteiger partial charge in [-0.15, -0.1) is 0 Å². The van der Waals surface area contributed by atoms with E-state index >= 15 is 0 Å². The van der Waals surface area contributed by atoms with Gasteiger partial charge in [-0.1, -0.05) is 65.3 Å². The highest BCUT2D eigenvalue weighted by atomic mass is 79.9. The van der Waals surface area contributed by atoms with Gasteiger partial charge in [0, 0.05) is 37.6 Å². The van der Waals surface area contributed by atoms with E-state index in [4.69, 9.17) is 0 Å². The number of benzene rings is 3. The molecule has 2 amide bonds. The van der Waals surface area contributed by atoms with Crippen molar-refractivity contribution in [2.45, 2.75) is 45.3 Å². The Kier molecular flexibility index (Phi) is 11.5. The van der Waals surface area contributed by atoms with Gasteiger partial charge in [-0.3, -0.25) is 9.59 Å². The van der Waals surface area contributed by atoms with Gasteiger partial charge in [0.1, 0.15) is 18.4 Å². The van der Waals surface area contributed by atoms with Gasteiger partial charge >= 0.3 is 10.2 Å². The molecule has 0 aromatic heterocycles. The second-order valence-corrected chi connectivity index (χ2v) is 12.9. The predicted molar refractivity (Wildman–Crippen MR) is 163 cm³/mol. The first kappa shape index (κ1) is 32.2. The van der Waals surface area contributed by atoms with Gasteiger partial charge in [-0.2, -0.15) is 12.7 Å². The Balaban J connectivity index is 2.09. The molecular formula is C30H36BrFN4O4S. The Labute approximate surface area is 250 Å². The van der Waals surface area contributed by atoms with Crippen LogP contribution in [-0.2, 0) is 32.8 Å². The third kappa shape index (κ3) is 8.85. The summed E-state index contributed by atoms with van der Waals surface area (Å²) in [5.41, 5.74) is 1.73. The zero-order valence-corrected chi connectivity index (χ0v) is 26.0. The van der Waals surface area contributed by atoms with E-state index < -0.39 is 34.5 Å². The van der Waals surface area contributed by atoms with Crippen LogP contribution >= 0.6 is 15.9 Å². The standard InChI is InChI=1S/C30H36BrFN4O4S/c1-5-22(2)33-30(38)28(19-23-10-7-6-8-11-23)35(20-24-12-9-13-25(31)18-24)29(37)21-36(41(39,40)34(3)4)27-16-14-26(32)15-17-27/h6-18,22,28H,5,19-21H2,1-4H3,(H,33,38)/t22-,28-/m1/s1. The zero-order valence-electron chi connectivity index (χ0n) is 23.6. The highest BCUT2D eigenvalue weighted by Crippen LogP contribution is 2.23. The Morgan fingerprint density at radius 1 is 0.951 bits per heavy atom. The lowest BCUT2D eigenvalue weighted by Gasteiger charge is -2.35. The van der Waals surface area contributed by atoms with Crippen LogP contribution in [0.25, 0.3) is 0 Å². The Morgan fingerprint density at radius 3 is 2.17 bits per heavy atom. The molecule has 0 radical (unpaired) electrons. The molecule has 0 aliphatic heterocycles. The van der Waals surface area contributed by atoms with Gasteiger partial charge < -0.3 is 10.2 Å². The fourth-order valence-corrected chi connectivity index (χ4v) is 5.65.